The van der Waals surface area contributed by atoms with Crippen LogP contribution in [0, 0.1) is 0 Å². The molecule has 0 aliphatic carbocycles. The number of hydrogen-bond donors (Lipinski definition) is 1. The molecule has 51 heavy (non-hydrogen) atoms. The molecule has 9 heteroatoms. The van der Waals surface area contributed by atoms with E-state index < -0.39 is 17.8 Å². The van der Waals surface area contributed by atoms with Crippen LogP contribution in [0.5, 0.6) is 5.75 Å². The van der Waals surface area contributed by atoms with Crippen molar-refractivity contribution in [1.82, 2.24) is 5.32 Å². The van der Waals surface area contributed by atoms with Crippen LogP contribution in [0.2, 0.25) is 0 Å². The van der Waals surface area contributed by atoms with Gasteiger partial charge < -0.3 is 9.64 Å². The van der Waals surface area contributed by atoms with E-state index in [1.807, 2.05) is 48.5 Å². The minimum atomic E-state index is -0.761. The predicted octanol–water partition coefficient (Wildman–Crippen LogP) is 9.33. The van der Waals surface area contributed by atoms with Crippen LogP contribution in [0.25, 0.3) is 6.08 Å². The molecule has 1 saturated heterocycles. The average Bonchev–Trinajstić information content (AvgIpc) is 3.14. The van der Waals surface area contributed by atoms with Gasteiger partial charge in [0.25, 0.3) is 11.8 Å². The summed E-state index contributed by atoms with van der Waals surface area (Å²) >= 11 is 7.03. The van der Waals surface area contributed by atoms with Crippen molar-refractivity contribution >= 4 is 67.2 Å². The number of carbonyl (C=O) groups is 3. The van der Waals surface area contributed by atoms with E-state index >= 15 is 0 Å². The van der Waals surface area contributed by atoms with Crippen molar-refractivity contribution in [3.8, 4) is 5.75 Å². The highest BCUT2D eigenvalue weighted by Crippen LogP contribution is 2.50. The molecule has 4 amide bonds. The molecule has 5 aromatic rings. The lowest BCUT2D eigenvalue weighted by molar-refractivity contribution is -0.122. The third kappa shape index (κ3) is 6.52. The molecule has 0 spiro atoms. The van der Waals surface area contributed by atoms with Crippen molar-refractivity contribution in [3.05, 3.63) is 163 Å². The van der Waals surface area contributed by atoms with Gasteiger partial charge in [0.2, 0.25) is 0 Å². The number of halogens is 2. The van der Waals surface area contributed by atoms with Crippen LogP contribution in [0.4, 0.5) is 16.2 Å². The highest BCUT2D eigenvalue weighted by molar-refractivity contribution is 9.10. The number of imide groups is 2. The maximum absolute atomic E-state index is 14.3. The minimum absolute atomic E-state index is 0.0899. The lowest BCUT2D eigenvalue weighted by Gasteiger charge is -2.44. The van der Waals surface area contributed by atoms with Gasteiger partial charge in [-0.1, -0.05) is 94.8 Å². The Kier molecular flexibility index (Phi) is 9.08. The molecule has 0 saturated carbocycles. The smallest absolute Gasteiger partial charge is 0.335 e. The number of nitrogens with one attached hydrogen (secondary N) is 1. The van der Waals surface area contributed by atoms with Crippen LogP contribution < -0.4 is 19.9 Å². The molecule has 1 N–H and O–H groups in total. The summed E-state index contributed by atoms with van der Waals surface area (Å²) in [5, 5.41) is 2.43. The first-order chi connectivity index (χ1) is 24.8. The molecule has 3 heterocycles. The van der Waals surface area contributed by atoms with E-state index in [4.69, 9.17) is 4.74 Å². The van der Waals surface area contributed by atoms with Crippen molar-refractivity contribution < 1.29 is 19.1 Å². The Hall–Kier alpha value is -4.99. The Bertz CT molecular complexity index is 2120. The first-order valence-corrected chi connectivity index (χ1v) is 18.5. The molecule has 5 aromatic carbocycles. The van der Waals surface area contributed by atoms with Gasteiger partial charge in [-0.3, -0.25) is 14.9 Å². The SMILES string of the molecule is O=C1NC(=O)N(c2cc3c4c(c2)[C@H](c2ccccc2)CCN4CC[C@H]3c2ccccc2)C(=O)/C1=C/c1ccc(OCc2ccc(Br)cc2)c(Br)c1. The fourth-order valence-electron chi connectivity index (χ4n) is 7.49. The fraction of sp³-hybridized carbons (Fsp3) is 0.167. The van der Waals surface area contributed by atoms with Gasteiger partial charge in [0.05, 0.1) is 10.2 Å². The molecule has 0 bridgehead atoms. The molecule has 8 rings (SSSR count). The van der Waals surface area contributed by atoms with Crippen LogP contribution in [-0.4, -0.2) is 30.9 Å². The summed E-state index contributed by atoms with van der Waals surface area (Å²) in [6.07, 6.45) is 3.35. The summed E-state index contributed by atoms with van der Waals surface area (Å²) in [7, 11) is 0. The molecule has 3 aliphatic heterocycles. The second kappa shape index (κ2) is 14.0. The van der Waals surface area contributed by atoms with Crippen LogP contribution in [0.3, 0.4) is 0 Å². The number of hydrogen-bond acceptors (Lipinski definition) is 5. The number of amides is 4. The summed E-state index contributed by atoms with van der Waals surface area (Å²) in [5.74, 6) is -0.602. The Balaban J connectivity index is 1.16. The van der Waals surface area contributed by atoms with Crippen molar-refractivity contribution in [3.63, 3.8) is 0 Å². The third-order valence-corrected chi connectivity index (χ3v) is 11.1. The second-order valence-electron chi connectivity index (χ2n) is 13.0. The normalized spacial score (nSPS) is 19.2. The quantitative estimate of drug-likeness (QED) is 0.131. The van der Waals surface area contributed by atoms with E-state index in [9.17, 15) is 14.4 Å². The van der Waals surface area contributed by atoms with Gasteiger partial charge in [-0.05, 0) is 105 Å². The Morgan fingerprint density at radius 3 is 1.94 bits per heavy atom. The standard InChI is InChI=1S/C42H33Br2N3O4/c43-30-14-11-26(12-15-30)25-51-38-16-13-27(22-37(38)44)21-36-40(48)45-42(50)47(41(36)49)31-23-34-32(28-7-3-1-4-8-28)17-19-46-20-18-33(35(24-31)39(34)46)29-9-5-2-6-10-29/h1-16,21-24,32-33H,17-20,25H2,(H,45,48,50)/b36-21+/t32-,33-/m0/s1. The molecule has 0 unspecified atom stereocenters. The molecule has 0 radical (unpaired) electrons. The van der Waals surface area contributed by atoms with E-state index in [-0.39, 0.29) is 17.4 Å². The van der Waals surface area contributed by atoms with Crippen molar-refractivity contribution in [1.29, 1.82) is 0 Å². The van der Waals surface area contributed by atoms with E-state index in [0.717, 1.165) is 52.0 Å². The number of benzene rings is 5. The molecule has 1 fully saturated rings. The van der Waals surface area contributed by atoms with Gasteiger partial charge >= 0.3 is 6.03 Å². The van der Waals surface area contributed by atoms with Crippen molar-refractivity contribution in [2.75, 3.05) is 22.9 Å². The van der Waals surface area contributed by atoms with Gasteiger partial charge in [0.15, 0.2) is 0 Å². The van der Waals surface area contributed by atoms with Crippen LogP contribution in [0.15, 0.2) is 130 Å². The molecule has 254 valence electrons. The topological polar surface area (TPSA) is 79.0 Å². The summed E-state index contributed by atoms with van der Waals surface area (Å²) in [6.45, 7) is 2.23. The number of barbiturate groups is 1. The first-order valence-electron chi connectivity index (χ1n) is 16.9. The number of nitrogens with zero attached hydrogens (tertiary/aromatic N) is 2. The number of ether oxygens (including phenoxy) is 1. The lowest BCUT2D eigenvalue weighted by atomic mass is 9.76. The van der Waals surface area contributed by atoms with Gasteiger partial charge in [0, 0.05) is 35.1 Å². The van der Waals surface area contributed by atoms with Crippen molar-refractivity contribution in [2.45, 2.75) is 31.3 Å². The molecular weight excluding hydrogens is 770 g/mol. The molecule has 7 nitrogen and oxygen atoms in total. The number of carbonyl (C=O) groups excluding carboxylic acids is 3. The summed E-state index contributed by atoms with van der Waals surface area (Å²) in [5.41, 5.74) is 7.69. The summed E-state index contributed by atoms with van der Waals surface area (Å²) in [4.78, 5) is 44.6. The number of urea groups is 1. The zero-order valence-corrected chi connectivity index (χ0v) is 30.7. The maximum atomic E-state index is 14.3. The predicted molar refractivity (Wildman–Crippen MR) is 206 cm³/mol. The van der Waals surface area contributed by atoms with Gasteiger partial charge in [0.1, 0.15) is 17.9 Å². The van der Waals surface area contributed by atoms with E-state index in [2.05, 4.69) is 90.6 Å². The highest BCUT2D eigenvalue weighted by Gasteiger charge is 2.40. The summed E-state index contributed by atoms with van der Waals surface area (Å²) < 4.78 is 7.68. The first kappa shape index (κ1) is 33.2. The van der Waals surface area contributed by atoms with Gasteiger partial charge in [-0.2, -0.15) is 0 Å². The molecule has 0 aromatic heterocycles. The zero-order valence-electron chi connectivity index (χ0n) is 27.5. The van der Waals surface area contributed by atoms with E-state index in [1.54, 1.807) is 18.2 Å². The van der Waals surface area contributed by atoms with Gasteiger partial charge in [-0.15, -0.1) is 0 Å². The van der Waals surface area contributed by atoms with E-state index in [1.165, 1.54) is 22.9 Å². The van der Waals surface area contributed by atoms with Gasteiger partial charge in [-0.25, -0.2) is 9.69 Å². The van der Waals surface area contributed by atoms with E-state index in [0.29, 0.717) is 28.1 Å². The number of anilines is 2. The van der Waals surface area contributed by atoms with Crippen LogP contribution in [-0.2, 0) is 16.2 Å². The molecule has 2 atom stereocenters. The average molecular weight is 804 g/mol. The fourth-order valence-corrected chi connectivity index (χ4v) is 8.27. The van der Waals surface area contributed by atoms with Crippen LogP contribution >= 0.6 is 31.9 Å². The molecular formula is C42H33Br2N3O4. The highest BCUT2D eigenvalue weighted by atomic mass is 79.9. The largest absolute Gasteiger partial charge is 0.488 e. The maximum Gasteiger partial charge on any atom is 0.335 e. The lowest BCUT2D eigenvalue weighted by Crippen LogP contribution is -2.54. The second-order valence-corrected chi connectivity index (χ2v) is 14.8. The number of rotatable bonds is 7. The van der Waals surface area contributed by atoms with Crippen LogP contribution in [0.1, 0.15) is 58.1 Å². The van der Waals surface area contributed by atoms with Crippen molar-refractivity contribution in [2.24, 2.45) is 0 Å². The Labute approximate surface area is 313 Å². The summed E-state index contributed by atoms with van der Waals surface area (Å²) in [6, 6.07) is 37.2. The Morgan fingerprint density at radius 2 is 1.35 bits per heavy atom. The third-order valence-electron chi connectivity index (χ3n) is 9.93. The Morgan fingerprint density at radius 1 is 0.745 bits per heavy atom. The molecule has 3 aliphatic rings. The monoisotopic (exact) mass is 801 g/mol. The minimum Gasteiger partial charge on any atom is -0.488 e. The zero-order chi connectivity index (χ0) is 35.1.